The third-order valence-electron chi connectivity index (χ3n) is 5.04. The van der Waals surface area contributed by atoms with Crippen molar-refractivity contribution >= 4 is 18.1 Å². The average molecular weight is 491 g/mol. The van der Waals surface area contributed by atoms with Crippen LogP contribution in [-0.4, -0.2) is 38.4 Å². The summed E-state index contributed by atoms with van der Waals surface area (Å²) in [7, 11) is 1.47. The van der Waals surface area contributed by atoms with Crippen LogP contribution < -0.4 is 24.4 Å². The van der Waals surface area contributed by atoms with E-state index in [9.17, 15) is 9.59 Å². The molecule has 188 valence electrons. The number of hydrogen-bond donors (Lipinski definition) is 1. The van der Waals surface area contributed by atoms with E-state index < -0.39 is 11.9 Å². The highest BCUT2D eigenvalue weighted by molar-refractivity contribution is 5.92. The molecule has 0 saturated heterocycles. The number of carbonyl (C=O) groups is 2. The molecular weight excluding hydrogens is 460 g/mol. The van der Waals surface area contributed by atoms with E-state index in [4.69, 9.17) is 18.9 Å². The first kappa shape index (κ1) is 26.3. The molecule has 0 fully saturated rings. The van der Waals surface area contributed by atoms with Gasteiger partial charge in [0.2, 0.25) is 0 Å². The van der Waals surface area contributed by atoms with E-state index in [0.717, 1.165) is 18.4 Å². The van der Waals surface area contributed by atoms with E-state index in [1.165, 1.54) is 13.3 Å². The lowest BCUT2D eigenvalue weighted by Gasteiger charge is -2.10. The predicted molar refractivity (Wildman–Crippen MR) is 137 cm³/mol. The molecule has 36 heavy (non-hydrogen) atoms. The zero-order valence-corrected chi connectivity index (χ0v) is 20.7. The van der Waals surface area contributed by atoms with E-state index in [1.807, 2.05) is 19.1 Å². The minimum atomic E-state index is -0.518. The van der Waals surface area contributed by atoms with Crippen LogP contribution in [0.25, 0.3) is 0 Å². The summed E-state index contributed by atoms with van der Waals surface area (Å²) < 4.78 is 21.9. The van der Waals surface area contributed by atoms with Gasteiger partial charge in [-0.3, -0.25) is 4.79 Å². The third-order valence-corrected chi connectivity index (χ3v) is 5.04. The minimum Gasteiger partial charge on any atom is -0.494 e. The number of benzene rings is 3. The van der Waals surface area contributed by atoms with Gasteiger partial charge in [-0.2, -0.15) is 5.10 Å². The number of ether oxygens (including phenoxy) is 4. The standard InChI is InChI=1S/C28H30N2O6/c1-4-5-16-34-23-13-9-22(10-14-23)28(32)36-25-15-8-21(17-26(25)33-3)18-29-30-27(31)19-35-24-11-6-20(2)7-12-24/h6-15,17-18H,4-5,16,19H2,1-3H3,(H,30,31). The number of carbonyl (C=O) groups excluding carboxylic acids is 2. The van der Waals surface area contributed by atoms with Gasteiger partial charge in [0.15, 0.2) is 18.1 Å². The maximum atomic E-state index is 12.6. The second-order valence-electron chi connectivity index (χ2n) is 7.92. The number of aryl methyl sites for hydroxylation is 1. The Kier molecular flexibility index (Phi) is 9.88. The molecule has 0 heterocycles. The summed E-state index contributed by atoms with van der Waals surface area (Å²) in [6, 6.07) is 19.1. The molecule has 0 aliphatic rings. The summed E-state index contributed by atoms with van der Waals surface area (Å²) in [6.45, 7) is 4.54. The van der Waals surface area contributed by atoms with E-state index in [0.29, 0.717) is 35.0 Å². The molecule has 8 heteroatoms. The zero-order chi connectivity index (χ0) is 25.8. The van der Waals surface area contributed by atoms with Gasteiger partial charge in [0.05, 0.1) is 25.5 Å². The Hall–Kier alpha value is -4.33. The highest BCUT2D eigenvalue weighted by Gasteiger charge is 2.13. The van der Waals surface area contributed by atoms with Gasteiger partial charge >= 0.3 is 5.97 Å². The number of amides is 1. The van der Waals surface area contributed by atoms with Crippen molar-refractivity contribution in [1.29, 1.82) is 0 Å². The van der Waals surface area contributed by atoms with Crippen molar-refractivity contribution in [2.75, 3.05) is 20.3 Å². The molecule has 3 aromatic rings. The molecule has 0 saturated carbocycles. The van der Waals surface area contributed by atoms with Crippen LogP contribution in [0.3, 0.4) is 0 Å². The summed E-state index contributed by atoms with van der Waals surface area (Å²) in [5.74, 6) is 1.00. The molecule has 3 aromatic carbocycles. The van der Waals surface area contributed by atoms with Crippen LogP contribution in [0.5, 0.6) is 23.0 Å². The Morgan fingerprint density at radius 2 is 1.61 bits per heavy atom. The van der Waals surface area contributed by atoms with Gasteiger partial charge < -0.3 is 18.9 Å². The summed E-state index contributed by atoms with van der Waals surface area (Å²) in [5.41, 5.74) is 4.54. The molecule has 0 spiro atoms. The molecule has 0 aliphatic heterocycles. The van der Waals surface area contributed by atoms with E-state index in [-0.39, 0.29) is 12.4 Å². The van der Waals surface area contributed by atoms with Gasteiger partial charge in [-0.25, -0.2) is 10.2 Å². The SMILES string of the molecule is CCCCOc1ccc(C(=O)Oc2ccc(C=NNC(=O)COc3ccc(C)cc3)cc2OC)cc1. The molecule has 0 bridgehead atoms. The molecule has 0 unspecified atom stereocenters. The van der Waals surface area contributed by atoms with E-state index in [2.05, 4.69) is 17.5 Å². The van der Waals surface area contributed by atoms with Crippen molar-refractivity contribution in [3.8, 4) is 23.0 Å². The number of methoxy groups -OCH3 is 1. The van der Waals surface area contributed by atoms with Gasteiger partial charge in [-0.05, 0) is 73.5 Å². The summed E-state index contributed by atoms with van der Waals surface area (Å²) in [4.78, 5) is 24.5. The number of rotatable bonds is 12. The first-order chi connectivity index (χ1) is 17.5. The van der Waals surface area contributed by atoms with Crippen molar-refractivity contribution in [1.82, 2.24) is 5.43 Å². The lowest BCUT2D eigenvalue weighted by Crippen LogP contribution is -2.24. The maximum Gasteiger partial charge on any atom is 0.343 e. The van der Waals surface area contributed by atoms with Crippen molar-refractivity contribution < 1.29 is 28.5 Å². The molecular formula is C28H30N2O6. The molecule has 3 rings (SSSR count). The first-order valence-corrected chi connectivity index (χ1v) is 11.6. The molecule has 8 nitrogen and oxygen atoms in total. The number of hydrazone groups is 1. The van der Waals surface area contributed by atoms with Gasteiger partial charge in [0, 0.05) is 0 Å². The van der Waals surface area contributed by atoms with E-state index >= 15 is 0 Å². The monoisotopic (exact) mass is 490 g/mol. The Morgan fingerprint density at radius 3 is 2.31 bits per heavy atom. The number of nitrogens with one attached hydrogen (secondary N) is 1. The Bertz CT molecular complexity index is 1170. The topological polar surface area (TPSA) is 95.5 Å². The second kappa shape index (κ2) is 13.5. The van der Waals surface area contributed by atoms with Gasteiger partial charge in [0.1, 0.15) is 11.5 Å². The molecule has 1 N–H and O–H groups in total. The largest absolute Gasteiger partial charge is 0.494 e. The second-order valence-corrected chi connectivity index (χ2v) is 7.92. The van der Waals surface area contributed by atoms with Crippen molar-refractivity contribution in [2.24, 2.45) is 5.10 Å². The number of esters is 1. The Morgan fingerprint density at radius 1 is 0.917 bits per heavy atom. The third kappa shape index (κ3) is 8.16. The summed E-state index contributed by atoms with van der Waals surface area (Å²) in [5, 5.41) is 3.94. The Labute approximate surface area is 210 Å². The van der Waals surface area contributed by atoms with Crippen molar-refractivity contribution in [2.45, 2.75) is 26.7 Å². The zero-order valence-electron chi connectivity index (χ0n) is 20.7. The van der Waals surface area contributed by atoms with Crippen LogP contribution in [-0.2, 0) is 4.79 Å². The van der Waals surface area contributed by atoms with Gasteiger partial charge in [-0.15, -0.1) is 0 Å². The highest BCUT2D eigenvalue weighted by atomic mass is 16.6. The van der Waals surface area contributed by atoms with Crippen molar-refractivity contribution in [3.05, 3.63) is 83.4 Å². The Balaban J connectivity index is 1.52. The first-order valence-electron chi connectivity index (χ1n) is 11.6. The number of nitrogens with zero attached hydrogens (tertiary/aromatic N) is 1. The normalized spacial score (nSPS) is 10.6. The van der Waals surface area contributed by atoms with Crippen LogP contribution in [0.15, 0.2) is 71.8 Å². The predicted octanol–water partition coefficient (Wildman–Crippen LogP) is 4.93. The van der Waals surface area contributed by atoms with Crippen molar-refractivity contribution in [3.63, 3.8) is 0 Å². The number of hydrogen-bond acceptors (Lipinski definition) is 7. The average Bonchev–Trinajstić information content (AvgIpc) is 2.89. The summed E-state index contributed by atoms with van der Waals surface area (Å²) in [6.07, 6.45) is 3.48. The highest BCUT2D eigenvalue weighted by Crippen LogP contribution is 2.28. The summed E-state index contributed by atoms with van der Waals surface area (Å²) >= 11 is 0. The van der Waals surface area contributed by atoms with Crippen LogP contribution in [0, 0.1) is 6.92 Å². The van der Waals surface area contributed by atoms with Crippen LogP contribution in [0.1, 0.15) is 41.3 Å². The van der Waals surface area contributed by atoms with Gasteiger partial charge in [-0.1, -0.05) is 31.0 Å². The smallest absolute Gasteiger partial charge is 0.343 e. The van der Waals surface area contributed by atoms with Crippen LogP contribution in [0.4, 0.5) is 0 Å². The fourth-order valence-corrected chi connectivity index (χ4v) is 3.02. The fourth-order valence-electron chi connectivity index (χ4n) is 3.02. The maximum absolute atomic E-state index is 12.6. The molecule has 0 aliphatic carbocycles. The molecule has 0 radical (unpaired) electrons. The van der Waals surface area contributed by atoms with Crippen LogP contribution in [0.2, 0.25) is 0 Å². The number of unbranched alkanes of at least 4 members (excludes halogenated alkanes) is 1. The fraction of sp³-hybridized carbons (Fsp3) is 0.250. The molecule has 0 atom stereocenters. The molecule has 0 aromatic heterocycles. The van der Waals surface area contributed by atoms with Crippen LogP contribution >= 0.6 is 0 Å². The molecule has 1 amide bonds. The quantitative estimate of drug-likeness (QED) is 0.127. The lowest BCUT2D eigenvalue weighted by molar-refractivity contribution is -0.123. The van der Waals surface area contributed by atoms with E-state index in [1.54, 1.807) is 54.6 Å². The van der Waals surface area contributed by atoms with Gasteiger partial charge in [0.25, 0.3) is 5.91 Å². The minimum absolute atomic E-state index is 0.162. The lowest BCUT2D eigenvalue weighted by atomic mass is 10.2.